The number of carboxylic acids is 1. The molecule has 0 aromatic heterocycles. The minimum Gasteiger partial charge on any atom is -0.497 e. The molecule has 0 saturated carbocycles. The van der Waals surface area contributed by atoms with Gasteiger partial charge in [-0.25, -0.2) is 0 Å². The average Bonchev–Trinajstić information content (AvgIpc) is 2.55. The average molecular weight is 294 g/mol. The van der Waals surface area contributed by atoms with Gasteiger partial charge in [-0.05, 0) is 47.2 Å². The molecule has 0 aliphatic heterocycles. The van der Waals surface area contributed by atoms with Gasteiger partial charge in [-0.2, -0.15) is 0 Å². The van der Waals surface area contributed by atoms with Crippen molar-refractivity contribution in [2.24, 2.45) is 5.92 Å². The first-order valence-electron chi connectivity index (χ1n) is 7.32. The third-order valence-electron chi connectivity index (χ3n) is 4.06. The Morgan fingerprint density at radius 1 is 1.23 bits per heavy atom. The zero-order valence-corrected chi connectivity index (χ0v) is 12.5. The summed E-state index contributed by atoms with van der Waals surface area (Å²) in [4.78, 5) is 11.4. The quantitative estimate of drug-likeness (QED) is 0.937. The molecule has 1 unspecified atom stereocenters. The van der Waals surface area contributed by atoms with Gasteiger partial charge in [0.25, 0.3) is 0 Å². The van der Waals surface area contributed by atoms with Crippen molar-refractivity contribution >= 4 is 11.5 Å². The summed E-state index contributed by atoms with van der Waals surface area (Å²) in [5.74, 6) is -0.485. The number of methoxy groups -OCH3 is 1. The van der Waals surface area contributed by atoms with Crippen LogP contribution in [0.2, 0.25) is 0 Å². The highest BCUT2D eigenvalue weighted by Gasteiger charge is 2.24. The predicted octanol–water partition coefficient (Wildman–Crippen LogP) is 3.58. The summed E-state index contributed by atoms with van der Waals surface area (Å²) in [5, 5.41) is 9.40. The van der Waals surface area contributed by atoms with Crippen molar-refractivity contribution in [3.8, 4) is 5.75 Å². The number of carboxylic acid groups (broad SMARTS) is 1. The summed E-state index contributed by atoms with van der Waals surface area (Å²) < 4.78 is 5.26. The second-order valence-electron chi connectivity index (χ2n) is 5.53. The fraction of sp³-hybridized carbons (Fsp3) is 0.211. The van der Waals surface area contributed by atoms with E-state index in [0.717, 1.165) is 28.9 Å². The van der Waals surface area contributed by atoms with Gasteiger partial charge >= 0.3 is 5.97 Å². The summed E-state index contributed by atoms with van der Waals surface area (Å²) in [6, 6.07) is 16.0. The molecule has 0 heterocycles. The molecule has 3 nitrogen and oxygen atoms in total. The van der Waals surface area contributed by atoms with Crippen LogP contribution in [0.25, 0.3) is 5.57 Å². The van der Waals surface area contributed by atoms with Crippen molar-refractivity contribution in [1.29, 1.82) is 0 Å². The van der Waals surface area contributed by atoms with Gasteiger partial charge in [-0.1, -0.05) is 42.5 Å². The molecule has 112 valence electrons. The molecule has 1 aliphatic carbocycles. The van der Waals surface area contributed by atoms with Crippen molar-refractivity contribution in [1.82, 2.24) is 0 Å². The summed E-state index contributed by atoms with van der Waals surface area (Å²) >= 11 is 0. The molecule has 0 saturated heterocycles. The van der Waals surface area contributed by atoms with E-state index in [1.807, 2.05) is 42.5 Å². The van der Waals surface area contributed by atoms with Crippen LogP contribution in [0.1, 0.15) is 16.7 Å². The van der Waals surface area contributed by atoms with Crippen molar-refractivity contribution < 1.29 is 14.6 Å². The number of rotatable bonds is 4. The Morgan fingerprint density at radius 2 is 2.00 bits per heavy atom. The molecule has 3 rings (SSSR count). The maximum atomic E-state index is 11.4. The third-order valence-corrected chi connectivity index (χ3v) is 4.06. The second-order valence-corrected chi connectivity index (χ2v) is 5.53. The van der Waals surface area contributed by atoms with Crippen molar-refractivity contribution in [2.75, 3.05) is 7.11 Å². The molecule has 0 fully saturated rings. The maximum absolute atomic E-state index is 11.4. The van der Waals surface area contributed by atoms with Crippen LogP contribution in [0.5, 0.6) is 5.75 Å². The number of allylic oxidation sites excluding steroid dienone is 1. The second kappa shape index (κ2) is 6.06. The molecule has 1 N–H and O–H groups in total. The minimum atomic E-state index is -0.779. The van der Waals surface area contributed by atoms with E-state index >= 15 is 0 Å². The van der Waals surface area contributed by atoms with E-state index in [4.69, 9.17) is 4.74 Å². The lowest BCUT2D eigenvalue weighted by atomic mass is 9.82. The van der Waals surface area contributed by atoms with Crippen LogP contribution < -0.4 is 4.74 Å². The van der Waals surface area contributed by atoms with E-state index in [9.17, 15) is 9.90 Å². The highest BCUT2D eigenvalue weighted by atomic mass is 16.5. The van der Waals surface area contributed by atoms with Crippen LogP contribution in [-0.2, 0) is 17.6 Å². The van der Waals surface area contributed by atoms with Crippen LogP contribution in [0.4, 0.5) is 0 Å². The summed E-state index contributed by atoms with van der Waals surface area (Å²) in [7, 11) is 1.62. The first-order valence-corrected chi connectivity index (χ1v) is 7.32. The normalized spacial score (nSPS) is 16.6. The van der Waals surface area contributed by atoms with E-state index < -0.39 is 11.9 Å². The Kier molecular flexibility index (Phi) is 3.96. The lowest BCUT2D eigenvalue weighted by Gasteiger charge is -2.23. The van der Waals surface area contributed by atoms with Crippen LogP contribution in [0.15, 0.2) is 54.6 Å². The van der Waals surface area contributed by atoms with Gasteiger partial charge in [-0.3, -0.25) is 4.79 Å². The summed E-state index contributed by atoms with van der Waals surface area (Å²) in [6.07, 6.45) is 3.15. The number of hydrogen-bond acceptors (Lipinski definition) is 2. The monoisotopic (exact) mass is 294 g/mol. The van der Waals surface area contributed by atoms with Crippen molar-refractivity contribution in [3.63, 3.8) is 0 Å². The number of fused-ring (bicyclic) bond motifs is 1. The largest absolute Gasteiger partial charge is 0.497 e. The van der Waals surface area contributed by atoms with Gasteiger partial charge < -0.3 is 9.84 Å². The zero-order valence-electron chi connectivity index (χ0n) is 12.5. The first kappa shape index (κ1) is 14.4. The number of aliphatic carboxylic acids is 1. The lowest BCUT2D eigenvalue weighted by Crippen LogP contribution is -2.19. The van der Waals surface area contributed by atoms with Gasteiger partial charge in [-0.15, -0.1) is 0 Å². The van der Waals surface area contributed by atoms with Gasteiger partial charge in [0.15, 0.2) is 0 Å². The third kappa shape index (κ3) is 2.89. The Labute approximate surface area is 129 Å². The molecular formula is C19H18O3. The van der Waals surface area contributed by atoms with Crippen LogP contribution in [0.3, 0.4) is 0 Å². The van der Waals surface area contributed by atoms with E-state index in [1.54, 1.807) is 7.11 Å². The molecule has 2 aromatic rings. The molecule has 2 aromatic carbocycles. The number of ether oxygens (including phenoxy) is 1. The smallest absolute Gasteiger partial charge is 0.310 e. The molecule has 0 spiro atoms. The Hall–Kier alpha value is -2.55. The molecule has 0 bridgehead atoms. The molecule has 3 heteroatoms. The number of benzene rings is 2. The molecular weight excluding hydrogens is 276 g/mol. The molecule has 22 heavy (non-hydrogen) atoms. The molecule has 1 aliphatic rings. The van der Waals surface area contributed by atoms with Crippen LogP contribution in [-0.4, -0.2) is 18.2 Å². The summed E-state index contributed by atoms with van der Waals surface area (Å²) in [6.45, 7) is 0. The number of carbonyl (C=O) groups is 1. The number of hydrogen-bond donors (Lipinski definition) is 1. The van der Waals surface area contributed by atoms with Gasteiger partial charge in [0, 0.05) is 0 Å². The predicted molar refractivity (Wildman–Crippen MR) is 85.9 cm³/mol. The van der Waals surface area contributed by atoms with Crippen LogP contribution in [0, 0.1) is 5.92 Å². The van der Waals surface area contributed by atoms with Gasteiger partial charge in [0.2, 0.25) is 0 Å². The topological polar surface area (TPSA) is 46.5 Å². The summed E-state index contributed by atoms with van der Waals surface area (Å²) in [5.41, 5.74) is 4.42. The Bertz CT molecular complexity index is 717. The Morgan fingerprint density at radius 3 is 2.68 bits per heavy atom. The van der Waals surface area contributed by atoms with Crippen LogP contribution >= 0.6 is 0 Å². The lowest BCUT2D eigenvalue weighted by molar-refractivity contribution is -0.140. The first-order chi connectivity index (χ1) is 10.7. The van der Waals surface area contributed by atoms with Gasteiger partial charge in [0.05, 0.1) is 13.0 Å². The van der Waals surface area contributed by atoms with Gasteiger partial charge in [0.1, 0.15) is 5.75 Å². The maximum Gasteiger partial charge on any atom is 0.310 e. The van der Waals surface area contributed by atoms with E-state index in [0.29, 0.717) is 6.42 Å². The highest BCUT2D eigenvalue weighted by Crippen LogP contribution is 2.34. The zero-order chi connectivity index (χ0) is 15.5. The standard InChI is InChI=1S/C19H18O3/c1-22-17-7-8-18-14(9-13-5-3-2-4-6-13)10-16(19(20)21)11-15(18)12-17/h2-8,10,12,16H,9,11H2,1H3,(H,20,21). The SMILES string of the molecule is COc1ccc2c(c1)CC(C(=O)O)C=C2Cc1ccccc1. The van der Waals surface area contributed by atoms with E-state index in [2.05, 4.69) is 12.1 Å². The Balaban J connectivity index is 2.00. The molecule has 0 radical (unpaired) electrons. The van der Waals surface area contributed by atoms with Crippen molar-refractivity contribution in [2.45, 2.75) is 12.8 Å². The highest BCUT2D eigenvalue weighted by molar-refractivity contribution is 5.81. The fourth-order valence-electron chi connectivity index (χ4n) is 2.94. The van der Waals surface area contributed by atoms with Crippen molar-refractivity contribution in [3.05, 3.63) is 71.3 Å². The van der Waals surface area contributed by atoms with E-state index in [-0.39, 0.29) is 0 Å². The van der Waals surface area contributed by atoms with E-state index in [1.165, 1.54) is 5.56 Å². The minimum absolute atomic E-state index is 0.474. The molecule has 0 amide bonds. The molecule has 1 atom stereocenters. The fourth-order valence-corrected chi connectivity index (χ4v) is 2.94.